The van der Waals surface area contributed by atoms with Crippen LogP contribution < -0.4 is 5.73 Å². The van der Waals surface area contributed by atoms with Crippen LogP contribution in [-0.4, -0.2) is 21.0 Å². The Morgan fingerprint density at radius 3 is 3.00 bits per heavy atom. The number of H-pyrrole nitrogens is 1. The summed E-state index contributed by atoms with van der Waals surface area (Å²) in [6.45, 7) is 0. The van der Waals surface area contributed by atoms with Gasteiger partial charge < -0.3 is 10.7 Å². The van der Waals surface area contributed by atoms with Crippen molar-refractivity contribution in [3.05, 3.63) is 22.6 Å². The molecular weight excluding hydrogens is 292 g/mol. The van der Waals surface area contributed by atoms with E-state index in [0.29, 0.717) is 5.92 Å². The topological polar surface area (TPSA) is 67.6 Å². The smallest absolute Gasteiger partial charge is 0.177 e. The van der Waals surface area contributed by atoms with Crippen LogP contribution in [0.2, 0.25) is 0 Å². The molecule has 2 atom stereocenters. The predicted octanol–water partition coefficient (Wildman–Crippen LogP) is 3.10. The molecule has 2 aromatic heterocycles. The van der Waals surface area contributed by atoms with Crippen LogP contribution in [0, 0.1) is 0 Å². The zero-order valence-corrected chi connectivity index (χ0v) is 11.8. The van der Waals surface area contributed by atoms with Crippen molar-refractivity contribution < 1.29 is 0 Å². The molecule has 3 N–H and O–H groups in total. The van der Waals surface area contributed by atoms with E-state index in [-0.39, 0.29) is 6.04 Å². The second kappa shape index (κ2) is 4.97. The fourth-order valence-corrected chi connectivity index (χ4v) is 3.08. The molecule has 0 bridgehead atoms. The number of hydrogen-bond acceptors (Lipinski definition) is 3. The van der Waals surface area contributed by atoms with Gasteiger partial charge in [-0.15, -0.1) is 0 Å². The predicted molar refractivity (Wildman–Crippen MR) is 75.4 cm³/mol. The lowest BCUT2D eigenvalue weighted by atomic mass is 9.95. The van der Waals surface area contributed by atoms with Crippen molar-refractivity contribution in [2.75, 3.05) is 0 Å². The number of imidazole rings is 1. The van der Waals surface area contributed by atoms with Gasteiger partial charge in [-0.3, -0.25) is 0 Å². The molecule has 0 amide bonds. The van der Waals surface area contributed by atoms with E-state index in [2.05, 4.69) is 30.9 Å². The molecule has 1 aliphatic rings. The fourth-order valence-electron chi connectivity index (χ4n) is 2.74. The van der Waals surface area contributed by atoms with E-state index >= 15 is 0 Å². The largest absolute Gasteiger partial charge is 0.340 e. The minimum atomic E-state index is 0.219. The standard InChI is InChI=1S/C13H17BrN4/c14-8-6-11-13(16-7-8)18-12(17-11)9-4-2-1-3-5-10(9)15/h6-7,9-10H,1-5,15H2,(H,16,17,18). The van der Waals surface area contributed by atoms with Crippen molar-refractivity contribution in [1.29, 1.82) is 0 Å². The average molecular weight is 309 g/mol. The summed E-state index contributed by atoms with van der Waals surface area (Å²) in [5.74, 6) is 1.35. The molecule has 1 saturated carbocycles. The molecule has 2 unspecified atom stereocenters. The zero-order valence-electron chi connectivity index (χ0n) is 10.2. The van der Waals surface area contributed by atoms with Gasteiger partial charge in [-0.25, -0.2) is 9.97 Å². The van der Waals surface area contributed by atoms with Crippen LogP contribution in [0.3, 0.4) is 0 Å². The number of nitrogens with one attached hydrogen (secondary N) is 1. The maximum atomic E-state index is 6.27. The van der Waals surface area contributed by atoms with Gasteiger partial charge in [-0.1, -0.05) is 19.3 Å². The van der Waals surface area contributed by atoms with Gasteiger partial charge in [0.05, 0.1) is 5.52 Å². The van der Waals surface area contributed by atoms with Gasteiger partial charge in [-0.05, 0) is 34.8 Å². The van der Waals surface area contributed by atoms with E-state index in [0.717, 1.165) is 34.3 Å². The molecule has 0 radical (unpaired) electrons. The fraction of sp³-hybridized carbons (Fsp3) is 0.538. The maximum Gasteiger partial charge on any atom is 0.177 e. The van der Waals surface area contributed by atoms with Gasteiger partial charge in [0.2, 0.25) is 0 Å². The summed E-state index contributed by atoms with van der Waals surface area (Å²) < 4.78 is 0.968. The molecule has 2 aromatic rings. The normalized spacial score (nSPS) is 25.2. The highest BCUT2D eigenvalue weighted by Gasteiger charge is 2.24. The molecular formula is C13H17BrN4. The van der Waals surface area contributed by atoms with Crippen LogP contribution in [0.25, 0.3) is 11.2 Å². The molecule has 3 rings (SSSR count). The molecule has 1 aliphatic carbocycles. The Kier molecular flexibility index (Phi) is 3.35. The van der Waals surface area contributed by atoms with Gasteiger partial charge in [0.25, 0.3) is 0 Å². The minimum absolute atomic E-state index is 0.219. The van der Waals surface area contributed by atoms with E-state index in [1.807, 2.05) is 6.07 Å². The Bertz CT molecular complexity index is 551. The van der Waals surface area contributed by atoms with Gasteiger partial charge in [0, 0.05) is 22.6 Å². The molecule has 4 nitrogen and oxygen atoms in total. The number of nitrogens with zero attached hydrogens (tertiary/aromatic N) is 2. The average Bonchev–Trinajstić information content (AvgIpc) is 2.63. The first kappa shape index (κ1) is 12.1. The van der Waals surface area contributed by atoms with Gasteiger partial charge in [0.15, 0.2) is 5.65 Å². The monoisotopic (exact) mass is 308 g/mol. The second-order valence-electron chi connectivity index (χ2n) is 5.06. The Balaban J connectivity index is 1.97. The van der Waals surface area contributed by atoms with Crippen LogP contribution in [0.15, 0.2) is 16.7 Å². The molecule has 5 heteroatoms. The summed E-state index contributed by atoms with van der Waals surface area (Å²) in [5, 5.41) is 0. The molecule has 0 aromatic carbocycles. The third-order valence-electron chi connectivity index (χ3n) is 3.74. The lowest BCUT2D eigenvalue weighted by molar-refractivity contribution is 0.488. The van der Waals surface area contributed by atoms with Crippen molar-refractivity contribution in [1.82, 2.24) is 15.0 Å². The maximum absolute atomic E-state index is 6.27. The first-order valence-electron chi connectivity index (χ1n) is 6.51. The van der Waals surface area contributed by atoms with E-state index in [1.165, 1.54) is 19.3 Å². The first-order chi connectivity index (χ1) is 8.74. The van der Waals surface area contributed by atoms with Gasteiger partial charge in [0.1, 0.15) is 5.82 Å². The van der Waals surface area contributed by atoms with Crippen LogP contribution in [0.4, 0.5) is 0 Å². The molecule has 0 saturated heterocycles. The third-order valence-corrected chi connectivity index (χ3v) is 4.18. The molecule has 1 fully saturated rings. The Morgan fingerprint density at radius 2 is 2.11 bits per heavy atom. The molecule has 18 heavy (non-hydrogen) atoms. The molecule has 0 aliphatic heterocycles. The van der Waals surface area contributed by atoms with E-state index in [1.54, 1.807) is 6.20 Å². The summed E-state index contributed by atoms with van der Waals surface area (Å²) in [6.07, 6.45) is 7.77. The lowest BCUT2D eigenvalue weighted by Crippen LogP contribution is -2.28. The second-order valence-corrected chi connectivity index (χ2v) is 5.97. The summed E-state index contributed by atoms with van der Waals surface area (Å²) in [6, 6.07) is 2.23. The van der Waals surface area contributed by atoms with Crippen LogP contribution in [0.1, 0.15) is 43.8 Å². The number of rotatable bonds is 1. The summed E-state index contributed by atoms with van der Waals surface area (Å²) in [5.41, 5.74) is 8.04. The van der Waals surface area contributed by atoms with Crippen molar-refractivity contribution in [2.45, 2.75) is 44.1 Å². The number of fused-ring (bicyclic) bond motifs is 1. The number of halogens is 1. The number of hydrogen-bond donors (Lipinski definition) is 2. The van der Waals surface area contributed by atoms with E-state index in [9.17, 15) is 0 Å². The lowest BCUT2D eigenvalue weighted by Gasteiger charge is -2.18. The third kappa shape index (κ3) is 2.29. The Morgan fingerprint density at radius 1 is 1.28 bits per heavy atom. The highest BCUT2D eigenvalue weighted by atomic mass is 79.9. The van der Waals surface area contributed by atoms with E-state index in [4.69, 9.17) is 5.73 Å². The number of pyridine rings is 1. The molecule has 2 heterocycles. The Hall–Kier alpha value is -0.940. The minimum Gasteiger partial charge on any atom is -0.340 e. The van der Waals surface area contributed by atoms with Crippen molar-refractivity contribution in [2.24, 2.45) is 5.73 Å². The van der Waals surface area contributed by atoms with Crippen LogP contribution >= 0.6 is 15.9 Å². The number of nitrogens with two attached hydrogens (primary N) is 1. The van der Waals surface area contributed by atoms with Gasteiger partial charge >= 0.3 is 0 Å². The highest BCUT2D eigenvalue weighted by Crippen LogP contribution is 2.30. The molecule has 0 spiro atoms. The van der Waals surface area contributed by atoms with Crippen molar-refractivity contribution >= 4 is 27.1 Å². The quantitative estimate of drug-likeness (QED) is 0.795. The zero-order chi connectivity index (χ0) is 12.5. The molecule has 96 valence electrons. The van der Waals surface area contributed by atoms with Crippen LogP contribution in [0.5, 0.6) is 0 Å². The van der Waals surface area contributed by atoms with E-state index < -0.39 is 0 Å². The summed E-state index contributed by atoms with van der Waals surface area (Å²) in [4.78, 5) is 12.3. The Labute approximate surface area is 115 Å². The van der Waals surface area contributed by atoms with Gasteiger partial charge in [-0.2, -0.15) is 0 Å². The van der Waals surface area contributed by atoms with Crippen molar-refractivity contribution in [3.63, 3.8) is 0 Å². The number of aromatic amines is 1. The highest BCUT2D eigenvalue weighted by molar-refractivity contribution is 9.10. The number of aromatic nitrogens is 3. The SMILES string of the molecule is NC1CCCCCC1c1nc2ncc(Br)cc2[nH]1. The van der Waals surface area contributed by atoms with Crippen molar-refractivity contribution in [3.8, 4) is 0 Å². The first-order valence-corrected chi connectivity index (χ1v) is 7.30. The summed E-state index contributed by atoms with van der Waals surface area (Å²) >= 11 is 3.43. The summed E-state index contributed by atoms with van der Waals surface area (Å²) in [7, 11) is 0. The van der Waals surface area contributed by atoms with Crippen LogP contribution in [-0.2, 0) is 0 Å².